The van der Waals surface area contributed by atoms with Gasteiger partial charge in [-0.15, -0.1) is 48.0 Å². The fourth-order valence-electron chi connectivity index (χ4n) is 0.434. The molecule has 6 N–H and O–H groups in total. The SMILES string of the molecule is I.I.NCCN=CC(=O)O.NCCN=CC(=O)O. The third-order valence-electron chi connectivity index (χ3n) is 0.920. The van der Waals surface area contributed by atoms with E-state index in [0.717, 1.165) is 12.4 Å². The summed E-state index contributed by atoms with van der Waals surface area (Å²) in [4.78, 5) is 26.2. The van der Waals surface area contributed by atoms with E-state index in [2.05, 4.69) is 9.98 Å². The lowest BCUT2D eigenvalue weighted by molar-refractivity contribution is -0.129. The molecule has 0 amide bonds. The molecule has 0 saturated heterocycles. The van der Waals surface area contributed by atoms with Crippen LogP contribution in [0.2, 0.25) is 0 Å². The summed E-state index contributed by atoms with van der Waals surface area (Å²) >= 11 is 0. The van der Waals surface area contributed by atoms with Gasteiger partial charge in [0.05, 0.1) is 13.1 Å². The third kappa shape index (κ3) is 36.1. The molecule has 0 aliphatic carbocycles. The van der Waals surface area contributed by atoms with Crippen molar-refractivity contribution in [3.8, 4) is 0 Å². The highest BCUT2D eigenvalue weighted by Gasteiger charge is 1.83. The maximum Gasteiger partial charge on any atom is 0.346 e. The zero-order valence-corrected chi connectivity index (χ0v) is 14.2. The summed E-state index contributed by atoms with van der Waals surface area (Å²) in [7, 11) is 0. The molecule has 18 heavy (non-hydrogen) atoms. The Bertz CT molecular complexity index is 235. The highest BCUT2D eigenvalue weighted by molar-refractivity contribution is 14.0. The van der Waals surface area contributed by atoms with Crippen molar-refractivity contribution < 1.29 is 19.8 Å². The van der Waals surface area contributed by atoms with Crippen molar-refractivity contribution >= 4 is 72.3 Å². The van der Waals surface area contributed by atoms with Gasteiger partial charge in [-0.05, 0) is 0 Å². The van der Waals surface area contributed by atoms with E-state index in [1.807, 2.05) is 0 Å². The molecule has 10 heteroatoms. The Labute approximate surface area is 139 Å². The average Bonchev–Trinajstić information content (AvgIpc) is 2.18. The van der Waals surface area contributed by atoms with E-state index in [1.54, 1.807) is 0 Å². The number of aliphatic carboxylic acids is 2. The Morgan fingerprint density at radius 2 is 1.17 bits per heavy atom. The maximum atomic E-state index is 9.68. The molecule has 0 rings (SSSR count). The second-order valence-electron chi connectivity index (χ2n) is 2.32. The van der Waals surface area contributed by atoms with Crippen molar-refractivity contribution in [1.82, 2.24) is 0 Å². The number of hydrogen-bond acceptors (Lipinski definition) is 6. The molecule has 0 saturated carbocycles. The summed E-state index contributed by atoms with van der Waals surface area (Å²) in [6, 6.07) is 0. The average molecular weight is 488 g/mol. The van der Waals surface area contributed by atoms with E-state index in [-0.39, 0.29) is 48.0 Å². The Morgan fingerprint density at radius 1 is 0.889 bits per heavy atom. The highest BCUT2D eigenvalue weighted by Crippen LogP contribution is 1.62. The molecule has 8 nitrogen and oxygen atoms in total. The number of hydrogen-bond donors (Lipinski definition) is 4. The first-order chi connectivity index (χ1) is 7.54. The zero-order valence-electron chi connectivity index (χ0n) is 9.56. The van der Waals surface area contributed by atoms with Crippen molar-refractivity contribution in [3.63, 3.8) is 0 Å². The van der Waals surface area contributed by atoms with Gasteiger partial charge in [0, 0.05) is 13.1 Å². The van der Waals surface area contributed by atoms with Crippen molar-refractivity contribution in [2.24, 2.45) is 21.5 Å². The maximum absolute atomic E-state index is 9.68. The predicted octanol–water partition coefficient (Wildman–Crippen LogP) is -0.563. The topological polar surface area (TPSA) is 151 Å². The summed E-state index contributed by atoms with van der Waals surface area (Å²) in [6.07, 6.45) is 1.68. The second kappa shape index (κ2) is 21.9. The molecule has 0 bridgehead atoms. The Hall–Kier alpha value is -0.340. The first kappa shape index (κ1) is 26.3. The number of carboxylic acid groups (broad SMARTS) is 2. The molecule has 0 heterocycles. The molecule has 0 atom stereocenters. The molecule has 108 valence electrons. The van der Waals surface area contributed by atoms with Crippen LogP contribution in [0.25, 0.3) is 0 Å². The van der Waals surface area contributed by atoms with Crippen LogP contribution in [-0.2, 0) is 9.59 Å². The summed E-state index contributed by atoms with van der Waals surface area (Å²) in [5, 5.41) is 15.9. The van der Waals surface area contributed by atoms with E-state index in [4.69, 9.17) is 21.7 Å². The third-order valence-corrected chi connectivity index (χ3v) is 0.920. The first-order valence-corrected chi connectivity index (χ1v) is 4.40. The molecule has 0 aromatic heterocycles. The van der Waals surface area contributed by atoms with Crippen LogP contribution in [0.1, 0.15) is 0 Å². The van der Waals surface area contributed by atoms with Crippen LogP contribution in [0.5, 0.6) is 0 Å². The van der Waals surface area contributed by atoms with Gasteiger partial charge in [0.25, 0.3) is 0 Å². The van der Waals surface area contributed by atoms with Crippen LogP contribution < -0.4 is 11.5 Å². The highest BCUT2D eigenvalue weighted by atomic mass is 127. The lowest BCUT2D eigenvalue weighted by atomic mass is 10.6. The second-order valence-corrected chi connectivity index (χ2v) is 2.32. The number of aliphatic imine (C=N–C) groups is 2. The summed E-state index contributed by atoms with van der Waals surface area (Å²) in [5.74, 6) is -2.06. The molecular weight excluding hydrogens is 470 g/mol. The predicted molar refractivity (Wildman–Crippen MR) is 90.9 cm³/mol. The van der Waals surface area contributed by atoms with Crippen molar-refractivity contribution in [2.45, 2.75) is 0 Å². The Morgan fingerprint density at radius 3 is 1.33 bits per heavy atom. The van der Waals surface area contributed by atoms with Crippen LogP contribution in [0.4, 0.5) is 0 Å². The largest absolute Gasteiger partial charge is 0.477 e. The van der Waals surface area contributed by atoms with Crippen molar-refractivity contribution in [1.29, 1.82) is 0 Å². The minimum Gasteiger partial charge on any atom is -0.477 e. The number of carboxylic acids is 2. The number of halogens is 2. The molecule has 0 aromatic carbocycles. The van der Waals surface area contributed by atoms with Gasteiger partial charge in [0.1, 0.15) is 12.4 Å². The van der Waals surface area contributed by atoms with Gasteiger partial charge in [-0.3, -0.25) is 9.98 Å². The van der Waals surface area contributed by atoms with Gasteiger partial charge < -0.3 is 21.7 Å². The molecule has 0 aliphatic rings. The standard InChI is InChI=1S/2C4H8N2O2.2HI/c2*5-1-2-6-3-4(7)8;;/h2*3H,1-2,5H2,(H,7,8);2*1H. The molecule has 0 radical (unpaired) electrons. The van der Waals surface area contributed by atoms with Gasteiger partial charge in [-0.1, -0.05) is 0 Å². The molecule has 0 aliphatic heterocycles. The summed E-state index contributed by atoms with van der Waals surface area (Å²) in [6.45, 7) is 1.55. The van der Waals surface area contributed by atoms with Crippen LogP contribution in [0, 0.1) is 0 Å². The number of nitrogens with two attached hydrogens (primary N) is 2. The van der Waals surface area contributed by atoms with Gasteiger partial charge in [0.2, 0.25) is 0 Å². The number of nitrogens with zero attached hydrogens (tertiary/aromatic N) is 2. The minimum atomic E-state index is -1.03. The van der Waals surface area contributed by atoms with Crippen LogP contribution in [0.15, 0.2) is 9.98 Å². The minimum absolute atomic E-state index is 0. The number of rotatable bonds is 6. The Kier molecular flexibility index (Phi) is 32.0. The molecular formula is C8H18I2N4O4. The monoisotopic (exact) mass is 488 g/mol. The molecule has 0 aromatic rings. The van der Waals surface area contributed by atoms with E-state index in [1.165, 1.54) is 0 Å². The Balaban J connectivity index is -0.0000000980. The first-order valence-electron chi connectivity index (χ1n) is 4.40. The van der Waals surface area contributed by atoms with Gasteiger partial charge in [-0.2, -0.15) is 0 Å². The number of carbonyl (C=O) groups is 2. The van der Waals surface area contributed by atoms with E-state index >= 15 is 0 Å². The van der Waals surface area contributed by atoms with E-state index in [9.17, 15) is 9.59 Å². The quantitative estimate of drug-likeness (QED) is 0.291. The summed E-state index contributed by atoms with van der Waals surface area (Å²) in [5.41, 5.74) is 10.0. The van der Waals surface area contributed by atoms with Crippen molar-refractivity contribution in [2.75, 3.05) is 26.2 Å². The van der Waals surface area contributed by atoms with Crippen LogP contribution >= 0.6 is 48.0 Å². The van der Waals surface area contributed by atoms with Gasteiger partial charge >= 0.3 is 11.9 Å². The lowest BCUT2D eigenvalue weighted by Crippen LogP contribution is -2.04. The van der Waals surface area contributed by atoms with Gasteiger partial charge in [0.15, 0.2) is 0 Å². The summed E-state index contributed by atoms with van der Waals surface area (Å²) < 4.78 is 0. The lowest BCUT2D eigenvalue weighted by Gasteiger charge is -1.81. The van der Waals surface area contributed by atoms with E-state index < -0.39 is 11.9 Å². The van der Waals surface area contributed by atoms with E-state index in [0.29, 0.717) is 26.2 Å². The van der Waals surface area contributed by atoms with Gasteiger partial charge in [-0.25, -0.2) is 9.59 Å². The molecule has 0 unspecified atom stereocenters. The fraction of sp³-hybridized carbons (Fsp3) is 0.500. The van der Waals surface area contributed by atoms with Crippen LogP contribution in [0.3, 0.4) is 0 Å². The van der Waals surface area contributed by atoms with Crippen molar-refractivity contribution in [3.05, 3.63) is 0 Å². The zero-order chi connectivity index (χ0) is 12.8. The normalized spacial score (nSPS) is 9.00. The fourth-order valence-corrected chi connectivity index (χ4v) is 0.434. The molecule has 0 fully saturated rings. The smallest absolute Gasteiger partial charge is 0.346 e. The molecule has 0 spiro atoms. The van der Waals surface area contributed by atoms with Crippen LogP contribution in [-0.4, -0.2) is 60.8 Å².